The van der Waals surface area contributed by atoms with Crippen LogP contribution < -0.4 is 5.32 Å². The number of quaternary nitrogens is 1. The van der Waals surface area contributed by atoms with Crippen LogP contribution in [0.2, 0.25) is 0 Å². The average Bonchev–Trinajstić information content (AvgIpc) is 2.62. The van der Waals surface area contributed by atoms with Gasteiger partial charge in [0, 0.05) is 16.6 Å². The fraction of sp³-hybridized carbons (Fsp3) is 0.529. The van der Waals surface area contributed by atoms with E-state index in [9.17, 15) is 5.11 Å². The Morgan fingerprint density at radius 1 is 1.20 bits per heavy atom. The smallest absolute Gasteiger partial charge is 0.121 e. The number of para-hydroxylation sites is 1. The quantitative estimate of drug-likeness (QED) is 0.880. The number of fused-ring (bicyclic) bond motifs is 1. The molecule has 1 aromatic heterocycles. The highest BCUT2D eigenvalue weighted by Gasteiger charge is 2.18. The molecule has 110 valence electrons. The third-order valence-electron chi connectivity index (χ3n) is 3.94. The minimum Gasteiger partial charge on any atom is -0.385 e. The monoisotopic (exact) mass is 275 g/mol. The fourth-order valence-electron chi connectivity index (χ4n) is 2.61. The number of nitrogens with zero attached hydrogens (tertiary/aromatic N) is 1. The van der Waals surface area contributed by atoms with Crippen molar-refractivity contribution in [3.63, 3.8) is 0 Å². The third-order valence-corrected chi connectivity index (χ3v) is 3.94. The maximum Gasteiger partial charge on any atom is 0.121 e. The molecule has 0 aliphatic carbocycles. The summed E-state index contributed by atoms with van der Waals surface area (Å²) >= 11 is 0. The van der Waals surface area contributed by atoms with Gasteiger partial charge in [0.15, 0.2) is 0 Å². The highest BCUT2D eigenvalue weighted by atomic mass is 16.3. The van der Waals surface area contributed by atoms with Crippen LogP contribution in [0.15, 0.2) is 24.3 Å². The number of benzene rings is 1. The predicted molar refractivity (Wildman–Crippen MR) is 84.0 cm³/mol. The van der Waals surface area contributed by atoms with Crippen LogP contribution in [-0.4, -0.2) is 27.9 Å². The summed E-state index contributed by atoms with van der Waals surface area (Å²) in [5.41, 5.74) is 3.94. The highest BCUT2D eigenvalue weighted by Crippen LogP contribution is 2.24. The molecule has 20 heavy (non-hydrogen) atoms. The lowest BCUT2D eigenvalue weighted by atomic mass is 10.1. The molecule has 1 atom stereocenters. The number of nitrogens with two attached hydrogens (primary N) is 1. The van der Waals surface area contributed by atoms with Crippen molar-refractivity contribution in [3.05, 3.63) is 35.5 Å². The Labute approximate surface area is 121 Å². The molecule has 0 saturated carbocycles. The zero-order chi connectivity index (χ0) is 14.9. The van der Waals surface area contributed by atoms with Gasteiger partial charge in [-0.15, -0.1) is 0 Å². The molecular weight excluding hydrogens is 248 g/mol. The van der Waals surface area contributed by atoms with Crippen molar-refractivity contribution >= 4 is 10.9 Å². The summed E-state index contributed by atoms with van der Waals surface area (Å²) in [5, 5.41) is 13.8. The molecule has 0 fully saturated rings. The SMILES string of the molecule is Cc1c(C)n(CC(O)C[NH2+]C(C)(C)C)c2ccccc12. The van der Waals surface area contributed by atoms with Crippen LogP contribution in [0.5, 0.6) is 0 Å². The van der Waals surface area contributed by atoms with Crippen molar-refractivity contribution in [1.29, 1.82) is 0 Å². The van der Waals surface area contributed by atoms with Crippen molar-refractivity contribution < 1.29 is 10.4 Å². The molecule has 2 rings (SSSR count). The van der Waals surface area contributed by atoms with Crippen LogP contribution in [0.25, 0.3) is 10.9 Å². The van der Waals surface area contributed by atoms with Crippen LogP contribution >= 0.6 is 0 Å². The van der Waals surface area contributed by atoms with Gasteiger partial charge in [-0.1, -0.05) is 18.2 Å². The molecule has 3 heteroatoms. The van der Waals surface area contributed by atoms with E-state index in [0.29, 0.717) is 6.54 Å². The van der Waals surface area contributed by atoms with Crippen LogP contribution in [0.1, 0.15) is 32.0 Å². The topological polar surface area (TPSA) is 41.8 Å². The first-order chi connectivity index (χ1) is 9.29. The second-order valence-corrected chi connectivity index (χ2v) is 6.80. The molecule has 2 aromatic rings. The van der Waals surface area contributed by atoms with Crippen molar-refractivity contribution in [1.82, 2.24) is 4.57 Å². The van der Waals surface area contributed by atoms with E-state index >= 15 is 0 Å². The fourth-order valence-corrected chi connectivity index (χ4v) is 2.61. The minimum atomic E-state index is -0.330. The maximum absolute atomic E-state index is 10.3. The van der Waals surface area contributed by atoms with Gasteiger partial charge in [0.05, 0.1) is 12.1 Å². The predicted octanol–water partition coefficient (Wildman–Crippen LogP) is 1.98. The van der Waals surface area contributed by atoms with Crippen molar-refractivity contribution in [2.24, 2.45) is 0 Å². The molecule has 1 unspecified atom stereocenters. The molecule has 0 saturated heterocycles. The highest BCUT2D eigenvalue weighted by molar-refractivity contribution is 5.85. The van der Waals surface area contributed by atoms with Gasteiger partial charge in [-0.25, -0.2) is 0 Å². The number of aromatic nitrogens is 1. The average molecular weight is 275 g/mol. The van der Waals surface area contributed by atoms with E-state index in [1.165, 1.54) is 22.2 Å². The van der Waals surface area contributed by atoms with E-state index in [0.717, 1.165) is 6.54 Å². The molecule has 0 aliphatic heterocycles. The summed E-state index contributed by atoms with van der Waals surface area (Å²) in [7, 11) is 0. The third kappa shape index (κ3) is 3.22. The van der Waals surface area contributed by atoms with Gasteiger partial charge in [-0.2, -0.15) is 0 Å². The van der Waals surface area contributed by atoms with Gasteiger partial charge in [-0.05, 0) is 46.2 Å². The summed E-state index contributed by atoms with van der Waals surface area (Å²) in [6.07, 6.45) is -0.330. The van der Waals surface area contributed by atoms with Gasteiger partial charge in [-0.3, -0.25) is 0 Å². The van der Waals surface area contributed by atoms with Crippen molar-refractivity contribution in [2.45, 2.75) is 52.8 Å². The Hall–Kier alpha value is -1.32. The molecule has 3 N–H and O–H groups in total. The first kappa shape index (κ1) is 15.1. The van der Waals surface area contributed by atoms with Crippen LogP contribution in [0.3, 0.4) is 0 Å². The van der Waals surface area contributed by atoms with Gasteiger partial charge in [0.1, 0.15) is 12.6 Å². The molecule has 0 amide bonds. The second-order valence-electron chi connectivity index (χ2n) is 6.80. The van der Waals surface area contributed by atoms with Crippen molar-refractivity contribution in [2.75, 3.05) is 6.54 Å². The Kier molecular flexibility index (Phi) is 4.21. The van der Waals surface area contributed by atoms with Gasteiger partial charge in [0.25, 0.3) is 0 Å². The maximum atomic E-state index is 10.3. The zero-order valence-corrected chi connectivity index (χ0v) is 13.3. The Morgan fingerprint density at radius 3 is 2.50 bits per heavy atom. The lowest BCUT2D eigenvalue weighted by Gasteiger charge is -2.20. The Balaban J connectivity index is 2.19. The van der Waals surface area contributed by atoms with E-state index in [4.69, 9.17) is 0 Å². The normalized spacial score (nSPS) is 13.9. The number of aliphatic hydroxyl groups is 1. The van der Waals surface area contributed by atoms with Gasteiger partial charge >= 0.3 is 0 Å². The number of hydrogen-bond donors (Lipinski definition) is 2. The summed E-state index contributed by atoms with van der Waals surface area (Å²) < 4.78 is 2.24. The second kappa shape index (κ2) is 5.58. The molecule has 0 aliphatic rings. The molecule has 0 spiro atoms. The molecule has 1 aromatic carbocycles. The van der Waals surface area contributed by atoms with E-state index in [2.05, 4.69) is 68.8 Å². The number of aryl methyl sites for hydroxylation is 1. The standard InChI is InChI=1S/C17H26N2O/c1-12-13(2)19(16-9-7-6-8-15(12)16)11-14(20)10-18-17(3,4)5/h6-9,14,18,20H,10-11H2,1-5H3/p+1. The van der Waals surface area contributed by atoms with Crippen molar-refractivity contribution in [3.8, 4) is 0 Å². The van der Waals surface area contributed by atoms with E-state index in [1.807, 2.05) is 0 Å². The van der Waals surface area contributed by atoms with Crippen LogP contribution in [-0.2, 0) is 6.54 Å². The lowest BCUT2D eigenvalue weighted by Crippen LogP contribution is -2.96. The first-order valence-electron chi connectivity index (χ1n) is 7.36. The lowest BCUT2D eigenvalue weighted by molar-refractivity contribution is -0.722. The number of hydrogen-bond acceptors (Lipinski definition) is 1. The minimum absolute atomic E-state index is 0.157. The molecular formula is C17H27N2O+. The number of aliphatic hydroxyl groups excluding tert-OH is 1. The van der Waals surface area contributed by atoms with E-state index in [1.54, 1.807) is 0 Å². The van der Waals surface area contributed by atoms with Gasteiger partial charge < -0.3 is 15.0 Å². The molecule has 0 radical (unpaired) electrons. The molecule has 3 nitrogen and oxygen atoms in total. The zero-order valence-electron chi connectivity index (χ0n) is 13.3. The Bertz CT molecular complexity index is 593. The summed E-state index contributed by atoms with van der Waals surface area (Å²) in [6, 6.07) is 8.42. The molecule has 0 bridgehead atoms. The summed E-state index contributed by atoms with van der Waals surface area (Å²) in [6.45, 7) is 12.2. The molecule has 1 heterocycles. The van der Waals surface area contributed by atoms with Gasteiger partial charge in [0.2, 0.25) is 0 Å². The summed E-state index contributed by atoms with van der Waals surface area (Å²) in [4.78, 5) is 0. The van der Waals surface area contributed by atoms with Crippen LogP contribution in [0.4, 0.5) is 0 Å². The Morgan fingerprint density at radius 2 is 1.85 bits per heavy atom. The van der Waals surface area contributed by atoms with Crippen LogP contribution in [0, 0.1) is 13.8 Å². The van der Waals surface area contributed by atoms with E-state index < -0.39 is 0 Å². The largest absolute Gasteiger partial charge is 0.385 e. The first-order valence-corrected chi connectivity index (χ1v) is 7.36. The van der Waals surface area contributed by atoms with E-state index in [-0.39, 0.29) is 11.6 Å². The number of rotatable bonds is 4. The summed E-state index contributed by atoms with van der Waals surface area (Å²) in [5.74, 6) is 0.